The van der Waals surface area contributed by atoms with E-state index in [0.717, 1.165) is 0 Å². The molecule has 1 atom stereocenters. The molecular weight excluding hydrogens is 253 g/mol. The van der Waals surface area contributed by atoms with Gasteiger partial charge in [-0.2, -0.15) is 0 Å². The minimum absolute atomic E-state index is 0.216. The van der Waals surface area contributed by atoms with Crippen LogP contribution in [-0.4, -0.2) is 21.6 Å². The summed E-state index contributed by atoms with van der Waals surface area (Å²) in [5.74, 6) is -0.185. The van der Waals surface area contributed by atoms with E-state index < -0.39 is 21.9 Å². The van der Waals surface area contributed by atoms with Gasteiger partial charge in [0.2, 0.25) is 0 Å². The molecule has 0 bridgehead atoms. The second-order valence-electron chi connectivity index (χ2n) is 5.11. The Morgan fingerprint density at radius 2 is 2.11 bits per heavy atom. The van der Waals surface area contributed by atoms with E-state index in [4.69, 9.17) is 4.74 Å². The molecule has 1 aliphatic heterocycles. The van der Waals surface area contributed by atoms with Crippen LogP contribution in [-0.2, 0) is 11.4 Å². The number of benzene rings is 1. The normalized spacial score (nSPS) is 19.3. The molecule has 0 aromatic heterocycles. The molecule has 3 nitrogen and oxygen atoms in total. The average molecular weight is 269 g/mol. The van der Waals surface area contributed by atoms with Gasteiger partial charge >= 0.3 is 0 Å². The van der Waals surface area contributed by atoms with E-state index in [1.165, 1.54) is 6.07 Å². The van der Waals surface area contributed by atoms with Gasteiger partial charge in [-0.25, -0.2) is 4.39 Å². The summed E-state index contributed by atoms with van der Waals surface area (Å²) in [6, 6.07) is 4.71. The zero-order valence-electron chi connectivity index (χ0n) is 10.7. The third-order valence-electron chi connectivity index (χ3n) is 2.58. The van der Waals surface area contributed by atoms with Crippen molar-refractivity contribution in [3.8, 4) is 5.75 Å². The quantitative estimate of drug-likeness (QED) is 0.736. The minimum atomic E-state index is -1.34. The van der Waals surface area contributed by atoms with Crippen molar-refractivity contribution in [3.05, 3.63) is 29.6 Å². The number of para-hydroxylation sites is 1. The fourth-order valence-corrected chi connectivity index (χ4v) is 2.26. The molecule has 2 rings (SSSR count). The molecule has 0 saturated carbocycles. The summed E-state index contributed by atoms with van der Waals surface area (Å²) in [5, 5.41) is 0. The zero-order valence-corrected chi connectivity index (χ0v) is 11.5. The van der Waals surface area contributed by atoms with Crippen molar-refractivity contribution in [2.24, 2.45) is 4.40 Å². The summed E-state index contributed by atoms with van der Waals surface area (Å²) in [4.78, 5) is 0. The topological polar surface area (TPSA) is 44.7 Å². The van der Waals surface area contributed by atoms with Gasteiger partial charge in [-0.3, -0.25) is 0 Å². The van der Waals surface area contributed by atoms with Crippen LogP contribution in [0.1, 0.15) is 32.8 Å². The molecule has 0 amide bonds. The summed E-state index contributed by atoms with van der Waals surface area (Å²) in [6.07, 6.45) is 0.554. The van der Waals surface area contributed by atoms with Crippen LogP contribution in [0.3, 0.4) is 0 Å². The molecule has 18 heavy (non-hydrogen) atoms. The highest BCUT2D eigenvalue weighted by atomic mass is 32.2. The summed E-state index contributed by atoms with van der Waals surface area (Å²) in [6.45, 7) is 5.95. The number of hydrogen-bond acceptors (Lipinski definition) is 3. The highest BCUT2D eigenvalue weighted by Crippen LogP contribution is 2.29. The number of ether oxygens (including phenoxy) is 1. The van der Waals surface area contributed by atoms with Crippen molar-refractivity contribution >= 4 is 17.1 Å². The lowest BCUT2D eigenvalue weighted by Crippen LogP contribution is -2.28. The molecule has 0 fully saturated rings. The molecule has 1 unspecified atom stereocenters. The zero-order chi connectivity index (χ0) is 13.3. The van der Waals surface area contributed by atoms with Gasteiger partial charge in [0, 0.05) is 12.0 Å². The summed E-state index contributed by atoms with van der Waals surface area (Å²) in [5.41, 5.74) is 1.27. The van der Waals surface area contributed by atoms with E-state index in [1.807, 2.05) is 20.8 Å². The Bertz CT molecular complexity index is 482. The third-order valence-corrected chi connectivity index (χ3v) is 4.01. The average Bonchev–Trinajstić information content (AvgIpc) is 2.29. The van der Waals surface area contributed by atoms with E-state index in [0.29, 0.717) is 24.3 Å². The Labute approximate surface area is 109 Å². The van der Waals surface area contributed by atoms with Crippen molar-refractivity contribution in [2.75, 3.05) is 6.61 Å². The number of fused-ring (bicyclic) bond motifs is 1. The summed E-state index contributed by atoms with van der Waals surface area (Å²) >= 11 is -1.34. The third kappa shape index (κ3) is 2.67. The maximum Gasteiger partial charge on any atom is 0.165 e. The van der Waals surface area contributed by atoms with Crippen LogP contribution in [0.25, 0.3) is 0 Å². The van der Waals surface area contributed by atoms with Crippen LogP contribution < -0.4 is 4.74 Å². The van der Waals surface area contributed by atoms with Gasteiger partial charge in [-0.05, 0) is 32.9 Å². The highest BCUT2D eigenvalue weighted by Gasteiger charge is 2.29. The number of nitrogens with zero attached hydrogens (tertiary/aromatic N) is 1. The number of hydrogen-bond donors (Lipinski definition) is 0. The minimum Gasteiger partial charge on any atom is -0.591 e. The van der Waals surface area contributed by atoms with Crippen molar-refractivity contribution in [2.45, 2.75) is 31.9 Å². The largest absolute Gasteiger partial charge is 0.591 e. The SMILES string of the molecule is CC(C)(C)[S+]([O-])N=C1CCOc2c(F)cccc21. The fourth-order valence-electron chi connectivity index (χ4n) is 1.60. The van der Waals surface area contributed by atoms with E-state index in [1.54, 1.807) is 12.1 Å². The van der Waals surface area contributed by atoms with Crippen LogP contribution in [0.15, 0.2) is 22.6 Å². The predicted octanol–water partition coefficient (Wildman–Crippen LogP) is 2.86. The summed E-state index contributed by atoms with van der Waals surface area (Å²) < 4.78 is 34.7. The van der Waals surface area contributed by atoms with Crippen molar-refractivity contribution in [1.82, 2.24) is 0 Å². The lowest BCUT2D eigenvalue weighted by molar-refractivity contribution is 0.303. The molecule has 0 N–H and O–H groups in total. The first-order chi connectivity index (χ1) is 8.39. The Hall–Kier alpha value is -1.07. The van der Waals surface area contributed by atoms with Crippen LogP contribution in [0.2, 0.25) is 0 Å². The number of halogens is 1. The molecule has 5 heteroatoms. The van der Waals surface area contributed by atoms with Gasteiger partial charge in [-0.1, -0.05) is 10.5 Å². The first-order valence-electron chi connectivity index (χ1n) is 5.81. The Morgan fingerprint density at radius 3 is 2.78 bits per heavy atom. The van der Waals surface area contributed by atoms with Crippen molar-refractivity contribution in [1.29, 1.82) is 0 Å². The smallest absolute Gasteiger partial charge is 0.165 e. The molecule has 1 aliphatic rings. The molecule has 98 valence electrons. The Kier molecular flexibility index (Phi) is 3.64. The molecular formula is C13H16FNO2S. The molecule has 1 aromatic carbocycles. The number of rotatable bonds is 1. The predicted molar refractivity (Wildman–Crippen MR) is 70.9 cm³/mol. The lowest BCUT2D eigenvalue weighted by Gasteiger charge is -2.22. The van der Waals surface area contributed by atoms with E-state index in [-0.39, 0.29) is 5.75 Å². The molecule has 0 saturated heterocycles. The Balaban J connectivity index is 2.39. The van der Waals surface area contributed by atoms with Gasteiger partial charge < -0.3 is 9.29 Å². The summed E-state index contributed by atoms with van der Waals surface area (Å²) in [7, 11) is 0. The second-order valence-corrected chi connectivity index (χ2v) is 7.02. The molecule has 1 heterocycles. The lowest BCUT2D eigenvalue weighted by atomic mass is 10.0. The maximum atomic E-state index is 13.6. The van der Waals surface area contributed by atoms with E-state index in [9.17, 15) is 8.94 Å². The van der Waals surface area contributed by atoms with Crippen LogP contribution >= 0.6 is 0 Å². The van der Waals surface area contributed by atoms with Gasteiger partial charge in [0.15, 0.2) is 11.6 Å². The van der Waals surface area contributed by atoms with Crippen LogP contribution in [0.5, 0.6) is 5.75 Å². The first-order valence-corrected chi connectivity index (χ1v) is 6.91. The molecule has 0 spiro atoms. The standard InChI is InChI=1S/C13H16FNO2S/c1-13(2,3)18(16)15-11-7-8-17-12-9(11)5-4-6-10(12)14/h4-6H,7-8H2,1-3H3. The van der Waals surface area contributed by atoms with Crippen LogP contribution in [0.4, 0.5) is 4.39 Å². The van der Waals surface area contributed by atoms with Crippen molar-refractivity contribution in [3.63, 3.8) is 0 Å². The first kappa shape index (κ1) is 13.4. The van der Waals surface area contributed by atoms with Gasteiger partial charge in [0.05, 0.1) is 6.61 Å². The van der Waals surface area contributed by atoms with Crippen LogP contribution in [0, 0.1) is 5.82 Å². The maximum absolute atomic E-state index is 13.6. The van der Waals surface area contributed by atoms with Crippen molar-refractivity contribution < 1.29 is 13.7 Å². The Morgan fingerprint density at radius 1 is 1.39 bits per heavy atom. The molecule has 0 radical (unpaired) electrons. The van der Waals surface area contributed by atoms with Gasteiger partial charge in [0.1, 0.15) is 21.8 Å². The van der Waals surface area contributed by atoms with Gasteiger partial charge in [0.25, 0.3) is 0 Å². The van der Waals surface area contributed by atoms with Gasteiger partial charge in [-0.15, -0.1) is 0 Å². The second kappa shape index (κ2) is 4.90. The molecule has 0 aliphatic carbocycles. The molecule has 1 aromatic rings. The fraction of sp³-hybridized carbons (Fsp3) is 0.462. The van der Waals surface area contributed by atoms with E-state index >= 15 is 0 Å². The highest BCUT2D eigenvalue weighted by molar-refractivity contribution is 7.91. The monoisotopic (exact) mass is 269 g/mol. The van der Waals surface area contributed by atoms with E-state index in [2.05, 4.69) is 4.40 Å².